The lowest BCUT2D eigenvalue weighted by Gasteiger charge is -2.22. The molecule has 37 heavy (non-hydrogen) atoms. The molecule has 0 aliphatic rings. The van der Waals surface area contributed by atoms with E-state index in [1.807, 2.05) is 24.4 Å². The SMILES string of the molecule is CC(C)(C)c1nc(-c2ccc3c(c2)oc2cc(-c4cc5ccccc5cn4)ccc23)nc(C(C)(C)C)n1. The summed E-state index contributed by atoms with van der Waals surface area (Å²) in [6.07, 6.45) is 1.92. The first-order chi connectivity index (χ1) is 17.6. The van der Waals surface area contributed by atoms with E-state index in [-0.39, 0.29) is 10.8 Å². The lowest BCUT2D eigenvalue weighted by Crippen LogP contribution is -2.24. The second-order valence-corrected chi connectivity index (χ2v) is 11.7. The molecule has 6 aromatic rings. The zero-order chi connectivity index (χ0) is 25.9. The highest BCUT2D eigenvalue weighted by Crippen LogP contribution is 2.35. The minimum absolute atomic E-state index is 0.186. The van der Waals surface area contributed by atoms with Gasteiger partial charge in [0.1, 0.15) is 22.8 Å². The number of fused-ring (bicyclic) bond motifs is 4. The maximum Gasteiger partial charge on any atom is 0.163 e. The Bertz CT molecular complexity index is 1770. The van der Waals surface area contributed by atoms with Crippen LogP contribution in [0, 0.1) is 0 Å². The molecule has 5 heteroatoms. The van der Waals surface area contributed by atoms with Gasteiger partial charge in [0.2, 0.25) is 0 Å². The predicted molar refractivity (Wildman–Crippen MR) is 151 cm³/mol. The highest BCUT2D eigenvalue weighted by Gasteiger charge is 2.25. The molecule has 5 nitrogen and oxygen atoms in total. The molecule has 0 amide bonds. The molecule has 3 aromatic heterocycles. The number of rotatable bonds is 2. The molecule has 6 rings (SSSR count). The van der Waals surface area contributed by atoms with Crippen LogP contribution < -0.4 is 0 Å². The van der Waals surface area contributed by atoms with Crippen LogP contribution in [0.2, 0.25) is 0 Å². The van der Waals surface area contributed by atoms with E-state index in [0.717, 1.165) is 55.8 Å². The first kappa shape index (κ1) is 23.3. The Morgan fingerprint density at radius 3 is 1.78 bits per heavy atom. The Kier molecular flexibility index (Phi) is 5.16. The molecule has 0 spiro atoms. The number of furan rings is 1. The van der Waals surface area contributed by atoms with Crippen molar-refractivity contribution in [1.29, 1.82) is 0 Å². The largest absolute Gasteiger partial charge is 0.456 e. The van der Waals surface area contributed by atoms with Crippen molar-refractivity contribution in [3.63, 3.8) is 0 Å². The van der Waals surface area contributed by atoms with Crippen molar-refractivity contribution in [1.82, 2.24) is 19.9 Å². The standard InChI is InChI=1S/C32H30N4O/c1-31(2,3)29-34-28(35-30(36-29)32(4,5)6)21-12-14-24-23-13-11-20(16-26(23)37-27(24)17-21)25-15-19-9-7-8-10-22(19)18-33-25/h7-18H,1-6H3. The fourth-order valence-corrected chi connectivity index (χ4v) is 4.49. The third-order valence-corrected chi connectivity index (χ3v) is 6.64. The minimum Gasteiger partial charge on any atom is -0.456 e. The van der Waals surface area contributed by atoms with Crippen LogP contribution in [0.25, 0.3) is 55.4 Å². The van der Waals surface area contributed by atoms with Crippen LogP contribution in [0.3, 0.4) is 0 Å². The zero-order valence-corrected chi connectivity index (χ0v) is 22.1. The molecule has 0 radical (unpaired) electrons. The van der Waals surface area contributed by atoms with Crippen LogP contribution >= 0.6 is 0 Å². The van der Waals surface area contributed by atoms with E-state index >= 15 is 0 Å². The van der Waals surface area contributed by atoms with Crippen molar-refractivity contribution in [2.75, 3.05) is 0 Å². The lowest BCUT2D eigenvalue weighted by molar-refractivity contribution is 0.497. The molecule has 184 valence electrons. The van der Waals surface area contributed by atoms with E-state index in [0.29, 0.717) is 5.82 Å². The zero-order valence-electron chi connectivity index (χ0n) is 22.1. The summed E-state index contributed by atoms with van der Waals surface area (Å²) in [5.74, 6) is 2.26. The topological polar surface area (TPSA) is 64.7 Å². The van der Waals surface area contributed by atoms with Gasteiger partial charge >= 0.3 is 0 Å². The van der Waals surface area contributed by atoms with Gasteiger partial charge in [0.05, 0.1) is 5.69 Å². The van der Waals surface area contributed by atoms with Crippen LogP contribution in [0.5, 0.6) is 0 Å². The van der Waals surface area contributed by atoms with Crippen LogP contribution in [-0.2, 0) is 10.8 Å². The molecule has 0 atom stereocenters. The number of hydrogen-bond acceptors (Lipinski definition) is 5. The van der Waals surface area contributed by atoms with Crippen molar-refractivity contribution in [3.8, 4) is 22.6 Å². The van der Waals surface area contributed by atoms with Gasteiger partial charge in [-0.3, -0.25) is 4.98 Å². The Hall–Kier alpha value is -4.12. The van der Waals surface area contributed by atoms with E-state index in [1.54, 1.807) is 0 Å². The highest BCUT2D eigenvalue weighted by molar-refractivity contribution is 6.06. The van der Waals surface area contributed by atoms with Gasteiger partial charge in [-0.2, -0.15) is 0 Å². The van der Waals surface area contributed by atoms with Gasteiger partial charge in [0, 0.05) is 44.3 Å². The molecule has 0 unspecified atom stereocenters. The fourth-order valence-electron chi connectivity index (χ4n) is 4.49. The number of benzene rings is 3. The first-order valence-corrected chi connectivity index (χ1v) is 12.7. The van der Waals surface area contributed by atoms with E-state index in [1.165, 1.54) is 5.39 Å². The Morgan fingerprint density at radius 2 is 1.16 bits per heavy atom. The number of aromatic nitrogens is 4. The van der Waals surface area contributed by atoms with Gasteiger partial charge < -0.3 is 4.42 Å². The molecule has 0 bridgehead atoms. The summed E-state index contributed by atoms with van der Waals surface area (Å²) in [6, 6.07) is 22.9. The molecular weight excluding hydrogens is 456 g/mol. The van der Waals surface area contributed by atoms with Crippen molar-refractivity contribution in [2.45, 2.75) is 52.4 Å². The quantitative estimate of drug-likeness (QED) is 0.246. The Labute approximate surface area is 216 Å². The summed E-state index contributed by atoms with van der Waals surface area (Å²) in [5, 5.41) is 4.44. The van der Waals surface area contributed by atoms with Gasteiger partial charge in [-0.05, 0) is 35.7 Å². The van der Waals surface area contributed by atoms with Gasteiger partial charge in [0.15, 0.2) is 5.82 Å². The van der Waals surface area contributed by atoms with Gasteiger partial charge in [-0.25, -0.2) is 15.0 Å². The average Bonchev–Trinajstić information content (AvgIpc) is 3.24. The van der Waals surface area contributed by atoms with Gasteiger partial charge in [0.25, 0.3) is 0 Å². The molecular formula is C32H30N4O. The number of nitrogens with zero attached hydrogens (tertiary/aromatic N) is 4. The van der Waals surface area contributed by atoms with Crippen LogP contribution in [0.1, 0.15) is 53.2 Å². The summed E-state index contributed by atoms with van der Waals surface area (Å²) in [5.41, 5.74) is 4.15. The summed E-state index contributed by atoms with van der Waals surface area (Å²) in [4.78, 5) is 19.2. The minimum atomic E-state index is -0.186. The van der Waals surface area contributed by atoms with Crippen molar-refractivity contribution < 1.29 is 4.42 Å². The van der Waals surface area contributed by atoms with E-state index in [2.05, 4.69) is 95.1 Å². The third kappa shape index (κ3) is 4.25. The predicted octanol–water partition coefficient (Wildman–Crippen LogP) is 8.25. The lowest BCUT2D eigenvalue weighted by atomic mass is 9.93. The Balaban J connectivity index is 1.45. The molecule has 3 aromatic carbocycles. The molecule has 0 saturated heterocycles. The summed E-state index contributed by atoms with van der Waals surface area (Å²) >= 11 is 0. The highest BCUT2D eigenvalue weighted by atomic mass is 16.3. The van der Waals surface area contributed by atoms with Crippen molar-refractivity contribution in [3.05, 3.63) is 84.6 Å². The van der Waals surface area contributed by atoms with Crippen LogP contribution in [0.4, 0.5) is 0 Å². The molecule has 0 fully saturated rings. The number of pyridine rings is 1. The molecule has 0 N–H and O–H groups in total. The first-order valence-electron chi connectivity index (χ1n) is 12.7. The van der Waals surface area contributed by atoms with Crippen molar-refractivity contribution in [2.24, 2.45) is 0 Å². The maximum absolute atomic E-state index is 6.36. The summed E-state index contributed by atoms with van der Waals surface area (Å²) < 4.78 is 6.36. The van der Waals surface area contributed by atoms with Crippen LogP contribution in [0.15, 0.2) is 77.3 Å². The summed E-state index contributed by atoms with van der Waals surface area (Å²) in [7, 11) is 0. The summed E-state index contributed by atoms with van der Waals surface area (Å²) in [6.45, 7) is 12.8. The second kappa shape index (κ2) is 8.20. The molecule has 0 saturated carbocycles. The van der Waals surface area contributed by atoms with Gasteiger partial charge in [-0.1, -0.05) is 77.9 Å². The third-order valence-electron chi connectivity index (χ3n) is 6.64. The molecule has 0 aliphatic heterocycles. The van der Waals surface area contributed by atoms with Gasteiger partial charge in [-0.15, -0.1) is 0 Å². The van der Waals surface area contributed by atoms with E-state index < -0.39 is 0 Å². The van der Waals surface area contributed by atoms with Crippen molar-refractivity contribution >= 4 is 32.7 Å². The van der Waals surface area contributed by atoms with Crippen LogP contribution in [-0.4, -0.2) is 19.9 Å². The Morgan fingerprint density at radius 1 is 0.595 bits per heavy atom. The monoisotopic (exact) mass is 486 g/mol. The second-order valence-electron chi connectivity index (χ2n) is 11.7. The maximum atomic E-state index is 6.36. The normalized spacial score (nSPS) is 12.6. The fraction of sp³-hybridized carbons (Fsp3) is 0.250. The number of hydrogen-bond donors (Lipinski definition) is 0. The van der Waals surface area contributed by atoms with E-state index in [9.17, 15) is 0 Å². The average molecular weight is 487 g/mol. The van der Waals surface area contributed by atoms with E-state index in [4.69, 9.17) is 19.4 Å². The molecule has 0 aliphatic carbocycles. The molecule has 3 heterocycles. The smallest absolute Gasteiger partial charge is 0.163 e.